The lowest BCUT2D eigenvalue weighted by Crippen LogP contribution is -2.43. The Hall–Kier alpha value is -0.970. The van der Waals surface area contributed by atoms with Gasteiger partial charge in [-0.2, -0.15) is 10.2 Å². The summed E-state index contributed by atoms with van der Waals surface area (Å²) in [5.74, 6) is 0.689. The fourth-order valence-corrected chi connectivity index (χ4v) is 2.76. The molecule has 0 spiro atoms. The van der Waals surface area contributed by atoms with Crippen molar-refractivity contribution in [3.63, 3.8) is 0 Å². The maximum atomic E-state index is 12.5. The van der Waals surface area contributed by atoms with Crippen molar-refractivity contribution in [2.24, 2.45) is 5.92 Å². The minimum atomic E-state index is 0.0712. The van der Waals surface area contributed by atoms with Gasteiger partial charge in [0.1, 0.15) is 0 Å². The number of carbonyl (C=O) groups excluding carboxylic acids is 1. The van der Waals surface area contributed by atoms with Crippen molar-refractivity contribution in [1.82, 2.24) is 15.1 Å². The summed E-state index contributed by atoms with van der Waals surface area (Å²) >= 11 is 3.65. The van der Waals surface area contributed by atoms with Gasteiger partial charge >= 0.3 is 0 Å². The average molecular weight is 312 g/mol. The van der Waals surface area contributed by atoms with Crippen LogP contribution in [0.4, 0.5) is 0 Å². The molecule has 0 bridgehead atoms. The third-order valence-corrected chi connectivity index (χ3v) is 4.68. The minimum Gasteiger partial charge on any atom is -0.337 e. The first kappa shape index (κ1) is 13.5. The van der Waals surface area contributed by atoms with E-state index < -0.39 is 0 Å². The summed E-state index contributed by atoms with van der Waals surface area (Å²) in [4.78, 5) is 14.7. The second kappa shape index (κ2) is 5.34. The van der Waals surface area contributed by atoms with Crippen LogP contribution in [0.2, 0.25) is 0 Å². The molecule has 0 N–H and O–H groups in total. The first-order valence-electron chi connectivity index (χ1n) is 6.23. The molecule has 1 aromatic rings. The summed E-state index contributed by atoms with van der Waals surface area (Å²) < 4.78 is 0. The predicted molar refractivity (Wildman–Crippen MR) is 73.9 cm³/mol. The summed E-state index contributed by atoms with van der Waals surface area (Å²) in [6.45, 7) is 7.49. The van der Waals surface area contributed by atoms with Gasteiger partial charge in [-0.1, -0.05) is 22.9 Å². The Morgan fingerprint density at radius 2 is 2.17 bits per heavy atom. The van der Waals surface area contributed by atoms with E-state index in [1.165, 1.54) is 0 Å². The molecule has 2 rings (SSSR count). The monoisotopic (exact) mass is 311 g/mol. The number of rotatable bonds is 1. The molecule has 5 heteroatoms. The summed E-state index contributed by atoms with van der Waals surface area (Å²) in [6.07, 6.45) is 1.04. The van der Waals surface area contributed by atoms with Crippen molar-refractivity contribution in [1.29, 1.82) is 0 Å². The lowest BCUT2D eigenvalue weighted by atomic mass is 9.98. The van der Waals surface area contributed by atoms with Gasteiger partial charge in [0.2, 0.25) is 0 Å². The molecule has 0 radical (unpaired) electrons. The standard InChI is InChI=1S/C13H18BrN3O/c1-8-4-5-17(7-12(8)14)13(18)11-6-9(2)15-16-10(11)3/h6,8,12H,4-5,7H2,1-3H3. The molecule has 1 fully saturated rings. The van der Waals surface area contributed by atoms with Crippen molar-refractivity contribution in [2.75, 3.05) is 13.1 Å². The van der Waals surface area contributed by atoms with E-state index in [1.807, 2.05) is 24.8 Å². The molecule has 0 aliphatic carbocycles. The van der Waals surface area contributed by atoms with Crippen LogP contribution in [0, 0.1) is 19.8 Å². The maximum Gasteiger partial charge on any atom is 0.255 e. The zero-order valence-corrected chi connectivity index (χ0v) is 12.6. The smallest absolute Gasteiger partial charge is 0.255 e. The normalized spacial score (nSPS) is 24.1. The predicted octanol–water partition coefficient (Wildman–Crippen LogP) is 2.34. The molecular weight excluding hydrogens is 294 g/mol. The second-order valence-electron chi connectivity index (χ2n) is 5.02. The molecule has 2 atom stereocenters. The number of amides is 1. The van der Waals surface area contributed by atoms with Crippen LogP contribution in [0.3, 0.4) is 0 Å². The molecular formula is C13H18BrN3O. The summed E-state index contributed by atoms with van der Waals surface area (Å²) in [6, 6.07) is 1.83. The highest BCUT2D eigenvalue weighted by Gasteiger charge is 2.28. The van der Waals surface area contributed by atoms with Crippen LogP contribution in [0.5, 0.6) is 0 Å². The van der Waals surface area contributed by atoms with Crippen LogP contribution in [-0.4, -0.2) is 38.9 Å². The number of likely N-dealkylation sites (tertiary alicyclic amines) is 1. The Morgan fingerprint density at radius 1 is 1.44 bits per heavy atom. The Kier molecular flexibility index (Phi) is 4.00. The maximum absolute atomic E-state index is 12.5. The highest BCUT2D eigenvalue weighted by molar-refractivity contribution is 9.09. The van der Waals surface area contributed by atoms with E-state index in [1.54, 1.807) is 0 Å². The van der Waals surface area contributed by atoms with Gasteiger partial charge in [0.15, 0.2) is 0 Å². The van der Waals surface area contributed by atoms with Crippen molar-refractivity contribution >= 4 is 21.8 Å². The van der Waals surface area contributed by atoms with E-state index in [2.05, 4.69) is 33.1 Å². The number of aryl methyl sites for hydroxylation is 2. The average Bonchev–Trinajstić information content (AvgIpc) is 2.35. The fourth-order valence-electron chi connectivity index (χ4n) is 2.14. The largest absolute Gasteiger partial charge is 0.337 e. The van der Waals surface area contributed by atoms with Gasteiger partial charge < -0.3 is 4.90 Å². The van der Waals surface area contributed by atoms with E-state index in [-0.39, 0.29) is 5.91 Å². The third kappa shape index (κ3) is 2.71. The molecule has 2 unspecified atom stereocenters. The third-order valence-electron chi connectivity index (χ3n) is 3.48. The van der Waals surface area contributed by atoms with E-state index in [4.69, 9.17) is 0 Å². The number of piperidine rings is 1. The number of aromatic nitrogens is 2. The van der Waals surface area contributed by atoms with Crippen LogP contribution in [0.1, 0.15) is 35.1 Å². The minimum absolute atomic E-state index is 0.0712. The van der Waals surface area contributed by atoms with Crippen LogP contribution in [0.25, 0.3) is 0 Å². The molecule has 2 heterocycles. The number of halogens is 1. The van der Waals surface area contributed by atoms with Crippen molar-refractivity contribution in [3.05, 3.63) is 23.0 Å². The van der Waals surface area contributed by atoms with Gasteiger partial charge in [0.05, 0.1) is 17.0 Å². The Bertz CT molecular complexity index is 464. The molecule has 98 valence electrons. The van der Waals surface area contributed by atoms with Crippen LogP contribution < -0.4 is 0 Å². The molecule has 0 aromatic carbocycles. The van der Waals surface area contributed by atoms with E-state index >= 15 is 0 Å². The molecule has 4 nitrogen and oxygen atoms in total. The Balaban J connectivity index is 2.19. The van der Waals surface area contributed by atoms with Crippen molar-refractivity contribution in [3.8, 4) is 0 Å². The Morgan fingerprint density at radius 3 is 2.83 bits per heavy atom. The summed E-state index contributed by atoms with van der Waals surface area (Å²) in [5.41, 5.74) is 2.16. The number of carbonyl (C=O) groups is 1. The number of nitrogens with zero attached hydrogens (tertiary/aromatic N) is 3. The van der Waals surface area contributed by atoms with E-state index in [0.29, 0.717) is 22.0 Å². The first-order chi connectivity index (χ1) is 8.49. The Labute approximate surface area is 116 Å². The van der Waals surface area contributed by atoms with Gasteiger partial charge in [0.25, 0.3) is 5.91 Å². The van der Waals surface area contributed by atoms with Gasteiger partial charge in [-0.15, -0.1) is 0 Å². The number of hydrogen-bond donors (Lipinski definition) is 0. The van der Waals surface area contributed by atoms with Crippen LogP contribution in [-0.2, 0) is 0 Å². The number of alkyl halides is 1. The first-order valence-corrected chi connectivity index (χ1v) is 7.15. The van der Waals surface area contributed by atoms with Gasteiger partial charge in [-0.05, 0) is 32.3 Å². The zero-order chi connectivity index (χ0) is 13.3. The molecule has 1 amide bonds. The van der Waals surface area contributed by atoms with Gasteiger partial charge in [0, 0.05) is 17.9 Å². The number of hydrogen-bond acceptors (Lipinski definition) is 3. The summed E-state index contributed by atoms with van der Waals surface area (Å²) in [7, 11) is 0. The fraction of sp³-hybridized carbons (Fsp3) is 0.615. The van der Waals surface area contributed by atoms with E-state index in [0.717, 1.165) is 25.2 Å². The van der Waals surface area contributed by atoms with Crippen LogP contribution >= 0.6 is 15.9 Å². The van der Waals surface area contributed by atoms with Gasteiger partial charge in [-0.3, -0.25) is 4.79 Å². The lowest BCUT2D eigenvalue weighted by Gasteiger charge is -2.34. The lowest BCUT2D eigenvalue weighted by molar-refractivity contribution is 0.0704. The molecule has 1 aliphatic rings. The molecule has 0 saturated carbocycles. The molecule has 1 aromatic heterocycles. The topological polar surface area (TPSA) is 46.1 Å². The van der Waals surface area contributed by atoms with E-state index in [9.17, 15) is 4.79 Å². The quantitative estimate of drug-likeness (QED) is 0.748. The highest BCUT2D eigenvalue weighted by atomic mass is 79.9. The SMILES string of the molecule is Cc1cc(C(=O)N2CCC(C)C(Br)C2)c(C)nn1. The highest BCUT2D eigenvalue weighted by Crippen LogP contribution is 2.24. The molecule has 1 aliphatic heterocycles. The zero-order valence-electron chi connectivity index (χ0n) is 11.0. The van der Waals surface area contributed by atoms with Crippen LogP contribution in [0.15, 0.2) is 6.07 Å². The molecule has 1 saturated heterocycles. The molecule has 18 heavy (non-hydrogen) atoms. The second-order valence-corrected chi connectivity index (χ2v) is 6.19. The van der Waals surface area contributed by atoms with Crippen molar-refractivity contribution in [2.45, 2.75) is 32.0 Å². The van der Waals surface area contributed by atoms with Crippen molar-refractivity contribution < 1.29 is 4.79 Å². The summed E-state index contributed by atoms with van der Waals surface area (Å²) in [5, 5.41) is 7.98. The van der Waals surface area contributed by atoms with Gasteiger partial charge in [-0.25, -0.2) is 0 Å².